The van der Waals surface area contributed by atoms with E-state index >= 15 is 0 Å². The highest BCUT2D eigenvalue weighted by Crippen LogP contribution is 2.25. The van der Waals surface area contributed by atoms with Gasteiger partial charge in [-0.1, -0.05) is 11.6 Å². The van der Waals surface area contributed by atoms with Crippen LogP contribution in [0.15, 0.2) is 54.7 Å². The molecule has 0 spiro atoms. The van der Waals surface area contributed by atoms with Crippen molar-refractivity contribution in [2.24, 2.45) is 0 Å². The van der Waals surface area contributed by atoms with Crippen molar-refractivity contribution in [2.75, 3.05) is 0 Å². The Morgan fingerprint density at radius 3 is 2.43 bits per heavy atom. The predicted octanol–water partition coefficient (Wildman–Crippen LogP) is 1.62. The third-order valence-electron chi connectivity index (χ3n) is 5.35. The lowest BCUT2D eigenvalue weighted by Crippen LogP contribution is -3.00. The van der Waals surface area contributed by atoms with Gasteiger partial charge in [0, 0.05) is 34.7 Å². The van der Waals surface area contributed by atoms with Gasteiger partial charge in [0.15, 0.2) is 12.2 Å². The van der Waals surface area contributed by atoms with Crippen LogP contribution in [0.3, 0.4) is 0 Å². The molecule has 4 rings (SSSR count). The number of non-ortho nitro benzene ring substituents is 1. The Bertz CT molecular complexity index is 1060. The van der Waals surface area contributed by atoms with Gasteiger partial charge in [0.2, 0.25) is 5.78 Å². The molecule has 0 N–H and O–H groups in total. The summed E-state index contributed by atoms with van der Waals surface area (Å²) in [6, 6.07) is 13.5. The molecule has 0 saturated carbocycles. The Balaban J connectivity index is 0.00000256. The number of aromatic nitrogens is 2. The fourth-order valence-electron chi connectivity index (χ4n) is 3.85. The molecule has 0 unspecified atom stereocenters. The largest absolute Gasteiger partial charge is 1.00 e. The first kappa shape index (κ1) is 22.2. The first-order chi connectivity index (χ1) is 14.0. The van der Waals surface area contributed by atoms with Crippen molar-refractivity contribution in [3.8, 4) is 11.3 Å². The lowest BCUT2D eigenvalue weighted by molar-refractivity contribution is -0.690. The van der Waals surface area contributed by atoms with Gasteiger partial charge in [-0.2, -0.15) is 0 Å². The molecule has 2 aromatic carbocycles. The van der Waals surface area contributed by atoms with Gasteiger partial charge in [-0.05, 0) is 55.7 Å². The highest BCUT2D eigenvalue weighted by molar-refractivity contribution is 6.30. The Kier molecular flexibility index (Phi) is 7.05. The van der Waals surface area contributed by atoms with Gasteiger partial charge in [0.05, 0.1) is 11.5 Å². The van der Waals surface area contributed by atoms with Gasteiger partial charge in [-0.25, -0.2) is 9.13 Å². The average molecular weight is 491 g/mol. The van der Waals surface area contributed by atoms with Crippen molar-refractivity contribution in [1.29, 1.82) is 0 Å². The van der Waals surface area contributed by atoms with Crippen LogP contribution in [0, 0.1) is 10.1 Å². The molecule has 0 atom stereocenters. The molecule has 3 aromatic rings. The van der Waals surface area contributed by atoms with E-state index in [2.05, 4.69) is 4.57 Å². The number of benzene rings is 2. The summed E-state index contributed by atoms with van der Waals surface area (Å²) in [5.74, 6) is 1.08. The minimum Gasteiger partial charge on any atom is -1.00 e. The molecular formula is C22H21BrClN3O3. The number of nitro benzene ring substituents is 1. The van der Waals surface area contributed by atoms with E-state index in [1.165, 1.54) is 24.3 Å². The van der Waals surface area contributed by atoms with Gasteiger partial charge in [-0.3, -0.25) is 14.9 Å². The fraction of sp³-hybridized carbons (Fsp3) is 0.273. The third kappa shape index (κ3) is 4.63. The quantitative estimate of drug-likeness (QED) is 0.236. The molecule has 0 bridgehead atoms. The highest BCUT2D eigenvalue weighted by Gasteiger charge is 2.27. The number of imidazole rings is 1. The van der Waals surface area contributed by atoms with Crippen LogP contribution in [0.5, 0.6) is 0 Å². The van der Waals surface area contributed by atoms with Crippen molar-refractivity contribution >= 4 is 23.1 Å². The van der Waals surface area contributed by atoms with Crippen molar-refractivity contribution in [1.82, 2.24) is 4.57 Å². The van der Waals surface area contributed by atoms with Crippen molar-refractivity contribution in [3.05, 3.63) is 81.3 Å². The second-order valence-electron chi connectivity index (χ2n) is 7.25. The summed E-state index contributed by atoms with van der Waals surface area (Å²) in [6.07, 6.45) is 6.32. The normalized spacial score (nSPS) is 13.1. The molecule has 0 radical (unpaired) electrons. The molecular weight excluding hydrogens is 470 g/mol. The number of Topliss-reactive ketones (excluding diaryl/α,β-unsaturated/α-hetero) is 1. The number of nitro groups is 1. The third-order valence-corrected chi connectivity index (χ3v) is 5.60. The first-order valence-corrected chi connectivity index (χ1v) is 10.1. The number of hydrogen-bond donors (Lipinski definition) is 0. The average Bonchev–Trinajstić information content (AvgIpc) is 2.89. The van der Waals surface area contributed by atoms with Crippen molar-refractivity contribution in [2.45, 2.75) is 38.8 Å². The molecule has 156 valence electrons. The van der Waals surface area contributed by atoms with Crippen LogP contribution < -0.4 is 21.5 Å². The van der Waals surface area contributed by atoms with Crippen molar-refractivity contribution < 1.29 is 31.3 Å². The Hall–Kier alpha value is -2.51. The summed E-state index contributed by atoms with van der Waals surface area (Å²) in [4.78, 5) is 23.2. The minimum absolute atomic E-state index is 0. The molecule has 2 heterocycles. The number of carbonyl (C=O) groups excluding carboxylic acids is 1. The second kappa shape index (κ2) is 9.53. The predicted molar refractivity (Wildman–Crippen MR) is 110 cm³/mol. The minimum atomic E-state index is -0.463. The molecule has 1 aliphatic heterocycles. The smallest absolute Gasteiger partial charge is 0.269 e. The Morgan fingerprint density at radius 1 is 1.07 bits per heavy atom. The van der Waals surface area contributed by atoms with E-state index in [0.717, 1.165) is 49.3 Å². The monoisotopic (exact) mass is 489 g/mol. The summed E-state index contributed by atoms with van der Waals surface area (Å²) in [7, 11) is 0. The molecule has 6 nitrogen and oxygen atoms in total. The molecule has 1 aromatic heterocycles. The molecule has 0 saturated heterocycles. The van der Waals surface area contributed by atoms with Crippen LogP contribution in [0.2, 0.25) is 5.02 Å². The van der Waals surface area contributed by atoms with Gasteiger partial charge in [0.1, 0.15) is 6.20 Å². The lowest BCUT2D eigenvalue weighted by Gasteiger charge is -2.03. The summed E-state index contributed by atoms with van der Waals surface area (Å²) in [5, 5.41) is 11.5. The van der Waals surface area contributed by atoms with Crippen molar-refractivity contribution in [3.63, 3.8) is 0 Å². The Labute approximate surface area is 190 Å². The molecule has 0 amide bonds. The molecule has 30 heavy (non-hydrogen) atoms. The lowest BCUT2D eigenvalue weighted by atomic mass is 10.1. The zero-order chi connectivity index (χ0) is 20.4. The first-order valence-electron chi connectivity index (χ1n) is 9.68. The number of carbonyl (C=O) groups is 1. The molecule has 0 aliphatic carbocycles. The summed E-state index contributed by atoms with van der Waals surface area (Å²) >= 11 is 6.04. The van der Waals surface area contributed by atoms with Crippen LogP contribution in [0.4, 0.5) is 5.69 Å². The van der Waals surface area contributed by atoms with Crippen LogP contribution in [-0.4, -0.2) is 15.3 Å². The van der Waals surface area contributed by atoms with E-state index in [1.54, 1.807) is 0 Å². The zero-order valence-corrected chi connectivity index (χ0v) is 18.6. The SMILES string of the molecule is O=C(C[n+]1cc(-c2ccc(Cl)cc2)n2c1CCCCC2)c1ccc([N+](=O)[O-])cc1.[Br-]. The standard InChI is InChI=1S/C22H21ClN3O3.BrH/c23-18-9-5-16(6-10-18)20-14-24(22-4-2-1-3-13-25(20)22)15-21(27)17-7-11-19(12-8-17)26(28)29;/h5-12,14H,1-4,13,15H2;1H/q+1;/p-1. The number of ketones is 1. The van der Waals surface area contributed by atoms with E-state index < -0.39 is 4.92 Å². The summed E-state index contributed by atoms with van der Waals surface area (Å²) < 4.78 is 4.33. The van der Waals surface area contributed by atoms with Gasteiger partial charge < -0.3 is 17.0 Å². The molecule has 1 aliphatic rings. The van der Waals surface area contributed by atoms with Gasteiger partial charge >= 0.3 is 0 Å². The number of fused-ring (bicyclic) bond motifs is 1. The topological polar surface area (TPSA) is 69.0 Å². The number of nitrogens with zero attached hydrogens (tertiary/aromatic N) is 3. The van der Waals surface area contributed by atoms with Crippen LogP contribution >= 0.6 is 11.6 Å². The zero-order valence-electron chi connectivity index (χ0n) is 16.3. The van der Waals surface area contributed by atoms with Crippen LogP contribution in [0.25, 0.3) is 11.3 Å². The van der Waals surface area contributed by atoms with E-state index in [1.807, 2.05) is 35.0 Å². The van der Waals surface area contributed by atoms with Crippen LogP contribution in [-0.2, 0) is 19.5 Å². The van der Waals surface area contributed by atoms with Gasteiger partial charge in [0.25, 0.3) is 11.5 Å². The number of hydrogen-bond acceptors (Lipinski definition) is 3. The maximum Gasteiger partial charge on any atom is 0.269 e. The summed E-state index contributed by atoms with van der Waals surface area (Å²) in [6.45, 7) is 1.13. The maximum absolute atomic E-state index is 12.8. The van der Waals surface area contributed by atoms with Crippen LogP contribution in [0.1, 0.15) is 35.4 Å². The van der Waals surface area contributed by atoms with E-state index in [9.17, 15) is 14.9 Å². The Morgan fingerprint density at radius 2 is 1.77 bits per heavy atom. The number of halogens is 2. The van der Waals surface area contributed by atoms with E-state index in [0.29, 0.717) is 10.6 Å². The van der Waals surface area contributed by atoms with E-state index in [4.69, 9.17) is 11.6 Å². The molecule has 0 fully saturated rings. The van der Waals surface area contributed by atoms with E-state index in [-0.39, 0.29) is 35.0 Å². The maximum atomic E-state index is 12.8. The van der Waals surface area contributed by atoms with Gasteiger partial charge in [-0.15, -0.1) is 0 Å². The summed E-state index contributed by atoms with van der Waals surface area (Å²) in [5.41, 5.74) is 2.61. The fourth-order valence-corrected chi connectivity index (χ4v) is 3.97. The second-order valence-corrected chi connectivity index (χ2v) is 7.69. The molecule has 8 heteroatoms. The number of rotatable bonds is 5. The highest BCUT2D eigenvalue weighted by atomic mass is 79.9.